The van der Waals surface area contributed by atoms with Gasteiger partial charge in [0.25, 0.3) is 6.43 Å². The van der Waals surface area contributed by atoms with E-state index in [1.165, 1.54) is 12.3 Å². The van der Waals surface area contributed by atoms with Crippen molar-refractivity contribution in [2.75, 3.05) is 5.32 Å². The minimum atomic E-state index is -2.91. The van der Waals surface area contributed by atoms with E-state index in [2.05, 4.69) is 25.2 Å². The van der Waals surface area contributed by atoms with E-state index >= 15 is 0 Å². The van der Waals surface area contributed by atoms with Crippen LogP contribution >= 0.6 is 0 Å². The first kappa shape index (κ1) is 17.6. The molecule has 0 saturated heterocycles. The maximum Gasteiger partial charge on any atom is 0.266 e. The van der Waals surface area contributed by atoms with Gasteiger partial charge in [-0.15, -0.1) is 0 Å². The zero-order valence-electron chi connectivity index (χ0n) is 13.6. The molecule has 0 amide bonds. The number of hydrogen-bond donors (Lipinski definition) is 2. The van der Waals surface area contributed by atoms with E-state index in [1.807, 2.05) is 0 Å². The molecule has 0 unspecified atom stereocenters. The van der Waals surface area contributed by atoms with Crippen LogP contribution in [-0.2, 0) is 6.54 Å². The number of alkyl halides is 2. The van der Waals surface area contributed by atoms with E-state index in [4.69, 9.17) is 5.41 Å². The zero-order chi connectivity index (χ0) is 18.7. The predicted molar refractivity (Wildman–Crippen MR) is 88.8 cm³/mol. The molecule has 0 aliphatic heterocycles. The molecule has 6 nitrogen and oxygen atoms in total. The second-order valence-electron chi connectivity index (χ2n) is 5.49. The number of nitrogens with one attached hydrogen (secondary N) is 2. The Morgan fingerprint density at radius 1 is 1.23 bits per heavy atom. The SMILES string of the molecule is Cc1nonc1CNc1cc(-c2ccc(F)c(C(F)F)c2)cnc1C=N. The van der Waals surface area contributed by atoms with Crippen LogP contribution < -0.4 is 5.32 Å². The van der Waals surface area contributed by atoms with Gasteiger partial charge in [0.15, 0.2) is 0 Å². The lowest BCUT2D eigenvalue weighted by Crippen LogP contribution is -2.05. The van der Waals surface area contributed by atoms with Crippen LogP contribution in [0.1, 0.15) is 29.1 Å². The largest absolute Gasteiger partial charge is 0.377 e. The smallest absolute Gasteiger partial charge is 0.266 e. The molecule has 1 aromatic carbocycles. The molecular weight excluding hydrogens is 347 g/mol. The molecule has 2 N–H and O–H groups in total. The van der Waals surface area contributed by atoms with Crippen molar-refractivity contribution in [1.29, 1.82) is 5.41 Å². The van der Waals surface area contributed by atoms with Crippen molar-refractivity contribution in [3.05, 3.63) is 58.9 Å². The molecule has 0 fully saturated rings. The molecule has 26 heavy (non-hydrogen) atoms. The van der Waals surface area contributed by atoms with E-state index in [0.717, 1.165) is 18.3 Å². The standard InChI is InChI=1S/C17H14F3N5O/c1-9-16(25-26-24-9)8-23-14-5-11(7-22-15(14)6-21)10-2-3-13(18)12(4-10)17(19)20/h2-7,17,21,23H,8H2,1H3. The molecular formula is C17H14F3N5O. The van der Waals surface area contributed by atoms with Gasteiger partial charge in [-0.3, -0.25) is 4.98 Å². The fraction of sp³-hybridized carbons (Fsp3) is 0.176. The van der Waals surface area contributed by atoms with Gasteiger partial charge in [-0.1, -0.05) is 16.4 Å². The molecule has 0 bridgehead atoms. The first-order chi connectivity index (χ1) is 12.5. The lowest BCUT2D eigenvalue weighted by atomic mass is 10.0. The van der Waals surface area contributed by atoms with Gasteiger partial charge in [0, 0.05) is 18.0 Å². The van der Waals surface area contributed by atoms with Gasteiger partial charge < -0.3 is 10.7 Å². The fourth-order valence-electron chi connectivity index (χ4n) is 2.37. The third kappa shape index (κ3) is 3.56. The third-order valence-electron chi connectivity index (χ3n) is 3.81. The van der Waals surface area contributed by atoms with Crippen molar-refractivity contribution >= 4 is 11.9 Å². The first-order valence-electron chi connectivity index (χ1n) is 7.60. The van der Waals surface area contributed by atoms with Crippen LogP contribution in [0.15, 0.2) is 35.1 Å². The van der Waals surface area contributed by atoms with Crippen molar-refractivity contribution in [3.8, 4) is 11.1 Å². The van der Waals surface area contributed by atoms with Crippen LogP contribution in [0, 0.1) is 18.2 Å². The van der Waals surface area contributed by atoms with Crippen molar-refractivity contribution in [1.82, 2.24) is 15.3 Å². The van der Waals surface area contributed by atoms with Gasteiger partial charge in [-0.2, -0.15) is 0 Å². The monoisotopic (exact) mass is 361 g/mol. The van der Waals surface area contributed by atoms with E-state index in [-0.39, 0.29) is 6.54 Å². The Bertz CT molecular complexity index is 942. The Balaban J connectivity index is 1.93. The van der Waals surface area contributed by atoms with Crippen molar-refractivity contribution in [2.24, 2.45) is 0 Å². The van der Waals surface area contributed by atoms with Crippen LogP contribution in [0.4, 0.5) is 18.9 Å². The Morgan fingerprint density at radius 2 is 2.04 bits per heavy atom. The van der Waals surface area contributed by atoms with Crippen LogP contribution in [0.2, 0.25) is 0 Å². The summed E-state index contributed by atoms with van der Waals surface area (Å²) in [6.45, 7) is 2.02. The zero-order valence-corrected chi connectivity index (χ0v) is 13.6. The van der Waals surface area contributed by atoms with Crippen molar-refractivity contribution < 1.29 is 17.8 Å². The Hall–Kier alpha value is -3.23. The molecule has 2 heterocycles. The predicted octanol–water partition coefficient (Wildman–Crippen LogP) is 4.13. The number of anilines is 1. The summed E-state index contributed by atoms with van der Waals surface area (Å²) in [4.78, 5) is 4.15. The molecule has 134 valence electrons. The lowest BCUT2D eigenvalue weighted by molar-refractivity contribution is 0.146. The van der Waals surface area contributed by atoms with Gasteiger partial charge in [-0.05, 0) is 30.7 Å². The summed E-state index contributed by atoms with van der Waals surface area (Å²) >= 11 is 0. The van der Waals surface area contributed by atoms with Crippen LogP contribution in [-0.4, -0.2) is 21.5 Å². The molecule has 0 aliphatic carbocycles. The maximum atomic E-state index is 13.5. The second kappa shape index (κ2) is 7.34. The molecule has 0 aliphatic rings. The summed E-state index contributed by atoms with van der Waals surface area (Å²) < 4.78 is 43.9. The van der Waals surface area contributed by atoms with Gasteiger partial charge in [0.1, 0.15) is 22.9 Å². The number of nitrogens with zero attached hydrogens (tertiary/aromatic N) is 3. The minimum Gasteiger partial charge on any atom is -0.377 e. The summed E-state index contributed by atoms with van der Waals surface area (Å²) in [7, 11) is 0. The Labute approximate surface area is 146 Å². The first-order valence-corrected chi connectivity index (χ1v) is 7.60. The summed E-state index contributed by atoms with van der Waals surface area (Å²) in [5.74, 6) is -0.958. The molecule has 0 saturated carbocycles. The minimum absolute atomic E-state index is 0.285. The molecule has 3 rings (SSSR count). The summed E-state index contributed by atoms with van der Waals surface area (Å²) in [5, 5.41) is 18.0. The van der Waals surface area contributed by atoms with E-state index in [0.29, 0.717) is 33.9 Å². The van der Waals surface area contributed by atoms with Crippen LogP contribution in [0.25, 0.3) is 11.1 Å². The molecule has 0 atom stereocenters. The molecule has 9 heteroatoms. The average molecular weight is 361 g/mol. The number of pyridine rings is 1. The highest BCUT2D eigenvalue weighted by Gasteiger charge is 2.15. The van der Waals surface area contributed by atoms with E-state index < -0.39 is 17.8 Å². The summed E-state index contributed by atoms with van der Waals surface area (Å²) in [5.41, 5.74) is 2.31. The van der Waals surface area contributed by atoms with Gasteiger partial charge in [-0.25, -0.2) is 17.8 Å². The van der Waals surface area contributed by atoms with Gasteiger partial charge >= 0.3 is 0 Å². The maximum absolute atomic E-state index is 13.5. The molecule has 0 spiro atoms. The number of rotatable bonds is 6. The van der Waals surface area contributed by atoms with E-state index in [9.17, 15) is 13.2 Å². The summed E-state index contributed by atoms with van der Waals surface area (Å²) in [6, 6.07) is 5.14. The normalized spacial score (nSPS) is 11.0. The van der Waals surface area contributed by atoms with Crippen molar-refractivity contribution in [3.63, 3.8) is 0 Å². The average Bonchev–Trinajstić information content (AvgIpc) is 3.04. The number of benzene rings is 1. The van der Waals surface area contributed by atoms with E-state index in [1.54, 1.807) is 13.0 Å². The Kier molecular flexibility index (Phi) is 4.97. The van der Waals surface area contributed by atoms with Gasteiger partial charge in [0.05, 0.1) is 17.8 Å². The quantitative estimate of drug-likeness (QED) is 0.645. The third-order valence-corrected chi connectivity index (χ3v) is 3.81. The highest BCUT2D eigenvalue weighted by Crippen LogP contribution is 2.29. The van der Waals surface area contributed by atoms with Crippen LogP contribution in [0.3, 0.4) is 0 Å². The highest BCUT2D eigenvalue weighted by atomic mass is 19.3. The van der Waals surface area contributed by atoms with Crippen molar-refractivity contribution in [2.45, 2.75) is 19.9 Å². The summed E-state index contributed by atoms with van der Waals surface area (Å²) in [6.07, 6.45) is -0.407. The topological polar surface area (TPSA) is 87.7 Å². The number of hydrogen-bond acceptors (Lipinski definition) is 6. The fourth-order valence-corrected chi connectivity index (χ4v) is 2.37. The highest BCUT2D eigenvalue weighted by molar-refractivity contribution is 5.85. The number of aryl methyl sites for hydroxylation is 1. The number of aromatic nitrogens is 3. The molecule has 3 aromatic rings. The Morgan fingerprint density at radius 3 is 2.69 bits per heavy atom. The van der Waals surface area contributed by atoms with Gasteiger partial charge in [0.2, 0.25) is 0 Å². The molecule has 0 radical (unpaired) electrons. The molecule has 2 aromatic heterocycles. The lowest BCUT2D eigenvalue weighted by Gasteiger charge is -2.11. The van der Waals surface area contributed by atoms with Crippen LogP contribution in [0.5, 0.6) is 0 Å². The number of halogens is 3. The second-order valence-corrected chi connectivity index (χ2v) is 5.49.